The van der Waals surface area contributed by atoms with Crippen molar-refractivity contribution < 1.29 is 9.84 Å². The van der Waals surface area contributed by atoms with E-state index in [0.29, 0.717) is 30.4 Å². The van der Waals surface area contributed by atoms with Gasteiger partial charge in [-0.25, -0.2) is 4.79 Å². The van der Waals surface area contributed by atoms with E-state index in [9.17, 15) is 14.7 Å². The number of anilines is 1. The van der Waals surface area contributed by atoms with Crippen LogP contribution >= 0.6 is 0 Å². The van der Waals surface area contributed by atoms with Gasteiger partial charge in [-0.15, -0.1) is 0 Å². The van der Waals surface area contributed by atoms with Crippen LogP contribution in [0.2, 0.25) is 0 Å². The summed E-state index contributed by atoms with van der Waals surface area (Å²) in [4.78, 5) is 33.5. The van der Waals surface area contributed by atoms with Crippen LogP contribution in [0.15, 0.2) is 39.9 Å². The molecule has 0 spiro atoms. The molecule has 1 saturated heterocycles. The first-order valence-electron chi connectivity index (χ1n) is 9.55. The van der Waals surface area contributed by atoms with Crippen molar-refractivity contribution in [3.05, 3.63) is 51.2 Å². The highest BCUT2D eigenvalue weighted by molar-refractivity contribution is 5.74. The number of aliphatic hydroxyl groups is 1. The van der Waals surface area contributed by atoms with Gasteiger partial charge in [-0.05, 0) is 12.1 Å². The number of rotatable bonds is 6. The van der Waals surface area contributed by atoms with Crippen LogP contribution in [0.1, 0.15) is 0 Å². The molecular weight excluding hydrogens is 376 g/mol. The van der Waals surface area contributed by atoms with Crippen LogP contribution in [0.25, 0.3) is 11.2 Å². The van der Waals surface area contributed by atoms with E-state index < -0.39 is 17.4 Å². The van der Waals surface area contributed by atoms with Crippen LogP contribution in [0.4, 0.5) is 5.95 Å². The van der Waals surface area contributed by atoms with Gasteiger partial charge < -0.3 is 24.6 Å². The van der Waals surface area contributed by atoms with Crippen LogP contribution < -0.4 is 26.2 Å². The Morgan fingerprint density at radius 2 is 1.93 bits per heavy atom. The van der Waals surface area contributed by atoms with Crippen LogP contribution in [-0.2, 0) is 13.6 Å². The van der Waals surface area contributed by atoms with E-state index in [4.69, 9.17) is 4.74 Å². The Labute approximate surface area is 166 Å². The van der Waals surface area contributed by atoms with Crippen LogP contribution in [-0.4, -0.2) is 63.1 Å². The molecule has 1 aromatic carbocycles. The fraction of sp³-hybridized carbons (Fsp3) is 0.421. The lowest BCUT2D eigenvalue weighted by Crippen LogP contribution is -2.45. The lowest BCUT2D eigenvalue weighted by Gasteiger charge is -2.29. The smallest absolute Gasteiger partial charge is 0.329 e. The summed E-state index contributed by atoms with van der Waals surface area (Å²) in [5.41, 5.74) is -0.483. The first-order chi connectivity index (χ1) is 14.0. The minimum absolute atomic E-state index is 0.0638. The molecule has 4 rings (SSSR count). The molecular formula is C19H24N6O4. The number of benzene rings is 1. The van der Waals surface area contributed by atoms with Crippen molar-refractivity contribution in [3.63, 3.8) is 0 Å². The van der Waals surface area contributed by atoms with E-state index >= 15 is 0 Å². The molecule has 1 aliphatic heterocycles. The third-order valence-corrected chi connectivity index (χ3v) is 4.97. The number of aryl methyl sites for hydroxylation is 1. The van der Waals surface area contributed by atoms with Gasteiger partial charge in [-0.2, -0.15) is 4.98 Å². The molecule has 29 heavy (non-hydrogen) atoms. The maximum atomic E-state index is 12.6. The maximum Gasteiger partial charge on any atom is 0.329 e. The molecule has 2 aromatic heterocycles. The molecule has 0 amide bonds. The highest BCUT2D eigenvalue weighted by atomic mass is 16.5. The topological polar surface area (TPSA) is 117 Å². The first-order valence-corrected chi connectivity index (χ1v) is 9.55. The summed E-state index contributed by atoms with van der Waals surface area (Å²) in [7, 11) is 1.56. The van der Waals surface area contributed by atoms with E-state index in [-0.39, 0.29) is 18.7 Å². The van der Waals surface area contributed by atoms with Gasteiger partial charge in [0.2, 0.25) is 5.95 Å². The molecule has 10 heteroatoms. The summed E-state index contributed by atoms with van der Waals surface area (Å²) in [6.45, 7) is 3.19. The Morgan fingerprint density at radius 3 is 2.66 bits per heavy atom. The van der Waals surface area contributed by atoms with Crippen molar-refractivity contribution in [2.45, 2.75) is 12.6 Å². The average molecular weight is 400 g/mol. The zero-order chi connectivity index (χ0) is 20.4. The number of ether oxygens (including phenoxy) is 1. The van der Waals surface area contributed by atoms with E-state index in [0.717, 1.165) is 13.1 Å². The quantitative estimate of drug-likeness (QED) is 0.500. The first kappa shape index (κ1) is 19.2. The predicted molar refractivity (Wildman–Crippen MR) is 109 cm³/mol. The molecule has 154 valence electrons. The molecule has 3 aromatic rings. The highest BCUT2D eigenvalue weighted by Gasteiger charge is 2.24. The number of aromatic amines is 1. The maximum absolute atomic E-state index is 12.6. The van der Waals surface area contributed by atoms with Crippen molar-refractivity contribution >= 4 is 17.1 Å². The number of para-hydroxylation sites is 1. The highest BCUT2D eigenvalue weighted by Crippen LogP contribution is 2.20. The molecule has 0 unspecified atom stereocenters. The molecule has 1 atom stereocenters. The van der Waals surface area contributed by atoms with E-state index in [1.165, 1.54) is 4.57 Å². The van der Waals surface area contributed by atoms with Crippen molar-refractivity contribution in [2.24, 2.45) is 7.05 Å². The second-order valence-electron chi connectivity index (χ2n) is 7.03. The normalized spacial score (nSPS) is 15.6. The van der Waals surface area contributed by atoms with Crippen molar-refractivity contribution in [3.8, 4) is 5.75 Å². The van der Waals surface area contributed by atoms with Crippen LogP contribution in [0.5, 0.6) is 5.75 Å². The Balaban J connectivity index is 1.68. The van der Waals surface area contributed by atoms with Gasteiger partial charge in [0.05, 0.1) is 6.54 Å². The van der Waals surface area contributed by atoms with Gasteiger partial charge in [-0.1, -0.05) is 18.2 Å². The van der Waals surface area contributed by atoms with E-state index in [1.807, 2.05) is 35.2 Å². The Bertz CT molecular complexity index is 1100. The molecule has 1 aliphatic rings. The predicted octanol–water partition coefficient (Wildman–Crippen LogP) is -0.727. The number of H-pyrrole nitrogens is 1. The Hall–Kier alpha value is -3.11. The third kappa shape index (κ3) is 3.89. The second kappa shape index (κ2) is 8.10. The third-order valence-electron chi connectivity index (χ3n) is 4.97. The molecule has 0 bridgehead atoms. The fourth-order valence-electron chi connectivity index (χ4n) is 3.47. The largest absolute Gasteiger partial charge is 0.491 e. The summed E-state index contributed by atoms with van der Waals surface area (Å²) in [6.07, 6.45) is -0.870. The number of nitrogens with one attached hydrogen (secondary N) is 2. The van der Waals surface area contributed by atoms with Gasteiger partial charge >= 0.3 is 5.69 Å². The monoisotopic (exact) mass is 400 g/mol. The standard InChI is InChI=1S/C19H24N6O4/c1-23-16-15(17(27)22-19(23)28)25(18(21-16)24-9-7-20-8-10-24)11-13(26)12-29-14-5-3-2-4-6-14/h2-6,13,20,26H,7-12H2,1H3,(H,22,27,28)/t13-/m0/s1. The minimum Gasteiger partial charge on any atom is -0.491 e. The van der Waals surface area contributed by atoms with E-state index in [2.05, 4.69) is 15.3 Å². The zero-order valence-corrected chi connectivity index (χ0v) is 16.2. The minimum atomic E-state index is -0.870. The number of aromatic nitrogens is 4. The molecule has 10 nitrogen and oxygen atoms in total. The summed E-state index contributed by atoms with van der Waals surface area (Å²) in [5.74, 6) is 1.22. The van der Waals surface area contributed by atoms with Crippen LogP contribution in [0, 0.1) is 0 Å². The Kier molecular flexibility index (Phi) is 5.36. The van der Waals surface area contributed by atoms with E-state index in [1.54, 1.807) is 11.6 Å². The van der Waals surface area contributed by atoms with Gasteiger partial charge in [0.1, 0.15) is 18.5 Å². The lowest BCUT2D eigenvalue weighted by atomic mass is 10.3. The van der Waals surface area contributed by atoms with Gasteiger partial charge in [0.15, 0.2) is 11.2 Å². The molecule has 3 N–H and O–H groups in total. The summed E-state index contributed by atoms with van der Waals surface area (Å²) < 4.78 is 8.63. The summed E-state index contributed by atoms with van der Waals surface area (Å²) in [5, 5.41) is 13.9. The molecule has 0 saturated carbocycles. The molecule has 3 heterocycles. The van der Waals surface area contributed by atoms with Crippen LogP contribution in [0.3, 0.4) is 0 Å². The summed E-state index contributed by atoms with van der Waals surface area (Å²) in [6, 6.07) is 9.22. The van der Waals surface area contributed by atoms with Gasteiger partial charge in [0, 0.05) is 33.2 Å². The number of hydrogen-bond donors (Lipinski definition) is 3. The molecule has 0 radical (unpaired) electrons. The molecule has 1 fully saturated rings. The van der Waals surface area contributed by atoms with Crippen molar-refractivity contribution in [2.75, 3.05) is 37.7 Å². The number of piperazine rings is 1. The SMILES string of the molecule is Cn1c(=O)[nH]c(=O)c2c1nc(N1CCNCC1)n2C[C@H](O)COc1ccccc1. The second-order valence-corrected chi connectivity index (χ2v) is 7.03. The number of nitrogens with zero attached hydrogens (tertiary/aromatic N) is 4. The number of imidazole rings is 1. The molecule has 0 aliphatic carbocycles. The summed E-state index contributed by atoms with van der Waals surface area (Å²) >= 11 is 0. The van der Waals surface area contributed by atoms with Gasteiger partial charge in [-0.3, -0.25) is 14.3 Å². The van der Waals surface area contributed by atoms with Crippen molar-refractivity contribution in [1.29, 1.82) is 0 Å². The number of aliphatic hydroxyl groups excluding tert-OH is 1. The average Bonchev–Trinajstić information content (AvgIpc) is 3.12. The number of fused-ring (bicyclic) bond motifs is 1. The zero-order valence-electron chi connectivity index (χ0n) is 16.2. The van der Waals surface area contributed by atoms with Crippen molar-refractivity contribution in [1.82, 2.24) is 24.4 Å². The van der Waals surface area contributed by atoms with Gasteiger partial charge in [0.25, 0.3) is 5.56 Å². The Morgan fingerprint density at radius 1 is 1.21 bits per heavy atom. The fourth-order valence-corrected chi connectivity index (χ4v) is 3.47. The number of hydrogen-bond acceptors (Lipinski definition) is 7. The lowest BCUT2D eigenvalue weighted by molar-refractivity contribution is 0.0936.